The Balaban J connectivity index is 1.23. The Labute approximate surface area is 300 Å². The molecule has 11 heteroatoms. The number of aliphatic hydroxyl groups is 1. The summed E-state index contributed by atoms with van der Waals surface area (Å²) >= 11 is 0. The highest BCUT2D eigenvalue weighted by Crippen LogP contribution is 2.73. The first-order valence-corrected chi connectivity index (χ1v) is 18.8. The number of fused-ring (bicyclic) bond motifs is 7. The first-order chi connectivity index (χ1) is 24.0. The van der Waals surface area contributed by atoms with Crippen molar-refractivity contribution in [3.63, 3.8) is 0 Å². The van der Waals surface area contributed by atoms with Gasteiger partial charge in [-0.25, -0.2) is 4.79 Å². The summed E-state index contributed by atoms with van der Waals surface area (Å²) in [5.41, 5.74) is -3.15. The molecule has 0 unspecified atom stereocenters. The molecule has 0 aromatic heterocycles. The van der Waals surface area contributed by atoms with Gasteiger partial charge in [-0.2, -0.15) is 0 Å². The predicted molar refractivity (Wildman–Crippen MR) is 182 cm³/mol. The normalized spacial score (nSPS) is 46.6. The maximum Gasteiger partial charge on any atom is 0.338 e. The van der Waals surface area contributed by atoms with E-state index in [4.69, 9.17) is 28.4 Å². The van der Waals surface area contributed by atoms with E-state index in [1.165, 1.54) is 20.8 Å². The van der Waals surface area contributed by atoms with E-state index in [0.717, 1.165) is 32.1 Å². The third-order valence-electron chi connectivity index (χ3n) is 14.5. The Kier molecular flexibility index (Phi) is 8.94. The van der Waals surface area contributed by atoms with Crippen molar-refractivity contribution in [3.05, 3.63) is 35.9 Å². The molecule has 2 saturated heterocycles. The Hall–Kier alpha value is -3.02. The Morgan fingerprint density at radius 1 is 0.843 bits per heavy atom. The van der Waals surface area contributed by atoms with Crippen LogP contribution in [0, 0.1) is 40.4 Å². The molecule has 1 N–H and O–H groups in total. The van der Waals surface area contributed by atoms with Crippen LogP contribution in [-0.4, -0.2) is 77.0 Å². The molecular weight excluding hydrogens is 656 g/mol. The van der Waals surface area contributed by atoms with E-state index in [9.17, 15) is 24.3 Å². The van der Waals surface area contributed by atoms with E-state index in [-0.39, 0.29) is 48.3 Å². The number of hydrogen-bond acceptors (Lipinski definition) is 11. The second-order valence-electron chi connectivity index (χ2n) is 17.2. The first kappa shape index (κ1) is 36.3. The summed E-state index contributed by atoms with van der Waals surface area (Å²) in [5.74, 6) is -3.05. The van der Waals surface area contributed by atoms with Gasteiger partial charge in [0.2, 0.25) is 5.79 Å². The summed E-state index contributed by atoms with van der Waals surface area (Å²) in [6.45, 7) is 12.3. The summed E-state index contributed by atoms with van der Waals surface area (Å²) in [5, 5.41) is 13.4. The molecular formula is C40H54O11. The molecule has 0 amide bonds. The second-order valence-corrected chi connectivity index (χ2v) is 17.2. The van der Waals surface area contributed by atoms with Gasteiger partial charge in [-0.1, -0.05) is 39.0 Å². The molecule has 1 aromatic carbocycles. The molecule has 7 rings (SSSR count). The van der Waals surface area contributed by atoms with Crippen LogP contribution in [0.5, 0.6) is 0 Å². The largest absolute Gasteiger partial charge is 0.463 e. The molecule has 1 spiro atoms. The molecule has 4 aliphatic carbocycles. The molecule has 2 heterocycles. The molecule has 0 bridgehead atoms. The number of carbonyl (C=O) groups is 4. The van der Waals surface area contributed by atoms with Crippen LogP contribution in [0.15, 0.2) is 30.3 Å². The average molecular weight is 711 g/mol. The van der Waals surface area contributed by atoms with Crippen LogP contribution < -0.4 is 0 Å². The van der Waals surface area contributed by atoms with Crippen molar-refractivity contribution in [1.29, 1.82) is 0 Å². The topological polar surface area (TPSA) is 144 Å². The van der Waals surface area contributed by atoms with E-state index >= 15 is 0 Å². The van der Waals surface area contributed by atoms with Gasteiger partial charge < -0.3 is 33.5 Å². The van der Waals surface area contributed by atoms with Gasteiger partial charge in [0.05, 0.1) is 11.7 Å². The molecule has 14 atom stereocenters. The SMILES string of the molecule is CC(=O)OC[C@@]1(C)C[C@@H](OC(=O)c2ccccc2)[C@]2(O[C@H]3C[C@H]4[C@@H]5CC[C@H]6C[C@@H](OC(C)=O)CC[C@]6(C)[C@H]5C[C@@H](OC(C)=O)[C@]4(C)[C@@]3(O)[C@@H]2C)O1. The molecule has 0 radical (unpaired) electrons. The van der Waals surface area contributed by atoms with Gasteiger partial charge in [-0.05, 0) is 93.1 Å². The van der Waals surface area contributed by atoms with Gasteiger partial charge in [0.25, 0.3) is 0 Å². The van der Waals surface area contributed by atoms with Crippen molar-refractivity contribution in [3.8, 4) is 0 Å². The highest BCUT2D eigenvalue weighted by Gasteiger charge is 2.82. The number of benzene rings is 1. The minimum absolute atomic E-state index is 0.0153. The molecule has 2 aliphatic heterocycles. The number of rotatable bonds is 6. The monoisotopic (exact) mass is 710 g/mol. The van der Waals surface area contributed by atoms with Crippen LogP contribution >= 0.6 is 0 Å². The summed E-state index contributed by atoms with van der Waals surface area (Å²) < 4.78 is 37.4. The summed E-state index contributed by atoms with van der Waals surface area (Å²) in [4.78, 5) is 50.1. The Bertz CT molecular complexity index is 1560. The molecule has 11 nitrogen and oxygen atoms in total. The van der Waals surface area contributed by atoms with E-state index in [1.807, 2.05) is 13.0 Å². The van der Waals surface area contributed by atoms with Crippen LogP contribution in [0.2, 0.25) is 0 Å². The van der Waals surface area contributed by atoms with Crippen LogP contribution in [0.3, 0.4) is 0 Å². The smallest absolute Gasteiger partial charge is 0.338 e. The van der Waals surface area contributed by atoms with Gasteiger partial charge >= 0.3 is 23.9 Å². The van der Waals surface area contributed by atoms with E-state index in [0.29, 0.717) is 24.3 Å². The van der Waals surface area contributed by atoms with Crippen LogP contribution in [0.1, 0.15) is 110 Å². The van der Waals surface area contributed by atoms with Gasteiger partial charge in [0, 0.05) is 38.5 Å². The van der Waals surface area contributed by atoms with E-state index < -0.39 is 64.5 Å². The van der Waals surface area contributed by atoms with Crippen molar-refractivity contribution >= 4 is 23.9 Å². The van der Waals surface area contributed by atoms with Crippen LogP contribution in [-0.2, 0) is 42.8 Å². The van der Waals surface area contributed by atoms with Crippen LogP contribution in [0.25, 0.3) is 0 Å². The number of carbonyl (C=O) groups excluding carboxylic acids is 4. The quantitative estimate of drug-likeness (QED) is 0.294. The predicted octanol–water partition coefficient (Wildman–Crippen LogP) is 5.54. The molecule has 4 saturated carbocycles. The molecule has 6 aliphatic rings. The minimum atomic E-state index is -1.55. The lowest BCUT2D eigenvalue weighted by molar-refractivity contribution is -0.290. The van der Waals surface area contributed by atoms with Crippen molar-refractivity contribution < 1.29 is 52.7 Å². The molecule has 6 fully saturated rings. The number of ether oxygens (including phenoxy) is 6. The van der Waals surface area contributed by atoms with Crippen molar-refractivity contribution in [2.24, 2.45) is 40.4 Å². The van der Waals surface area contributed by atoms with E-state index in [2.05, 4.69) is 13.8 Å². The lowest BCUT2D eigenvalue weighted by atomic mass is 9.43. The molecule has 51 heavy (non-hydrogen) atoms. The fraction of sp³-hybridized carbons (Fsp3) is 0.750. The number of esters is 4. The lowest BCUT2D eigenvalue weighted by Gasteiger charge is -2.63. The average Bonchev–Trinajstić information content (AvgIpc) is 3.57. The Morgan fingerprint density at radius 3 is 2.22 bits per heavy atom. The highest BCUT2D eigenvalue weighted by atomic mass is 16.8. The maximum absolute atomic E-state index is 13.5. The second kappa shape index (κ2) is 12.5. The minimum Gasteiger partial charge on any atom is -0.463 e. The third kappa shape index (κ3) is 5.54. The van der Waals surface area contributed by atoms with E-state index in [1.54, 1.807) is 31.2 Å². The lowest BCUT2D eigenvalue weighted by Crippen LogP contribution is -2.66. The zero-order chi connectivity index (χ0) is 36.7. The third-order valence-corrected chi connectivity index (χ3v) is 14.5. The Morgan fingerprint density at radius 2 is 1.55 bits per heavy atom. The van der Waals surface area contributed by atoms with Crippen molar-refractivity contribution in [2.45, 2.75) is 141 Å². The summed E-state index contributed by atoms with van der Waals surface area (Å²) in [6, 6.07) is 8.69. The van der Waals surface area contributed by atoms with Gasteiger partial charge in [-0.3, -0.25) is 14.4 Å². The molecule has 1 aromatic rings. The van der Waals surface area contributed by atoms with Crippen molar-refractivity contribution in [1.82, 2.24) is 0 Å². The summed E-state index contributed by atoms with van der Waals surface area (Å²) in [7, 11) is 0. The number of hydrogen-bond donors (Lipinski definition) is 1. The standard InChI is InChI=1S/C40H54O11/c1-22-39(45)33(50-40(22)34(20-36(5,51-40)21-46-23(2)41)49-35(44)26-11-9-8-10-12-26)19-31-29-14-13-27-17-28(47-24(3)42)15-16-37(27,6)30(29)18-32(38(31,39)7)48-25(4)43/h8-12,22,27-34,45H,13-21H2,1-7H3/t22-,27-,28-,29+,30-,31-,32+,33-,34+,36+,37-,38+,39+,40+/m0/s1. The molecule has 280 valence electrons. The fourth-order valence-electron chi connectivity index (χ4n) is 12.2. The van der Waals surface area contributed by atoms with Crippen LogP contribution in [0.4, 0.5) is 0 Å². The van der Waals surface area contributed by atoms with Gasteiger partial charge in [-0.15, -0.1) is 0 Å². The van der Waals surface area contributed by atoms with Gasteiger partial charge in [0.15, 0.2) is 6.10 Å². The zero-order valence-corrected chi connectivity index (χ0v) is 31.0. The first-order valence-electron chi connectivity index (χ1n) is 18.8. The zero-order valence-electron chi connectivity index (χ0n) is 31.0. The van der Waals surface area contributed by atoms with Crippen molar-refractivity contribution in [2.75, 3.05) is 6.61 Å². The maximum atomic E-state index is 13.5. The summed E-state index contributed by atoms with van der Waals surface area (Å²) in [6.07, 6.45) is 3.53. The van der Waals surface area contributed by atoms with Gasteiger partial charge in [0.1, 0.15) is 30.0 Å². The fourth-order valence-corrected chi connectivity index (χ4v) is 12.2. The highest BCUT2D eigenvalue weighted by molar-refractivity contribution is 5.89.